The molecule has 2 heterocycles. The van der Waals surface area contributed by atoms with Gasteiger partial charge >= 0.3 is 0 Å². The molecule has 9 rings (SSSR count). The number of thiophene rings is 1. The van der Waals surface area contributed by atoms with Crippen LogP contribution in [0.1, 0.15) is 0 Å². The van der Waals surface area contributed by atoms with E-state index >= 15 is 0 Å². The van der Waals surface area contributed by atoms with Crippen LogP contribution in [0.3, 0.4) is 0 Å². The SMILES string of the molecule is c1ccc(N(c2ccc(-c3ccc4sc5ncccc5c4c3)cc2)c2ccc(-c3cc4ccccc4c4ccccc34)cc2)cc1. The van der Waals surface area contributed by atoms with E-state index in [9.17, 15) is 0 Å². The summed E-state index contributed by atoms with van der Waals surface area (Å²) in [5, 5.41) is 7.59. The lowest BCUT2D eigenvalue weighted by Gasteiger charge is -2.26. The molecule has 0 saturated carbocycles. The van der Waals surface area contributed by atoms with Gasteiger partial charge in [-0.2, -0.15) is 0 Å². The van der Waals surface area contributed by atoms with Gasteiger partial charge in [0.1, 0.15) is 4.83 Å². The average Bonchev–Trinajstić information content (AvgIpc) is 3.51. The first-order valence-electron chi connectivity index (χ1n) is 15.5. The summed E-state index contributed by atoms with van der Waals surface area (Å²) in [6.07, 6.45) is 1.87. The van der Waals surface area contributed by atoms with E-state index in [0.717, 1.165) is 21.9 Å². The topological polar surface area (TPSA) is 16.1 Å². The standard InChI is InChI=1S/C43H28N2S/c1-2-10-33(11-3-1)45(34-21-16-29(17-22-34)31-20-25-42-41(27-31)39-15-8-26-44-43(39)46-42)35-23-18-30(19-24-35)40-28-32-9-4-5-12-36(32)37-13-6-7-14-38(37)40/h1-28H. The van der Waals surface area contributed by atoms with E-state index in [0.29, 0.717) is 0 Å². The second-order valence-electron chi connectivity index (χ2n) is 11.6. The quantitative estimate of drug-likeness (QED) is 0.182. The minimum Gasteiger partial charge on any atom is -0.311 e. The van der Waals surface area contributed by atoms with Gasteiger partial charge in [-0.3, -0.25) is 0 Å². The molecule has 0 radical (unpaired) electrons. The summed E-state index contributed by atoms with van der Waals surface area (Å²) in [6.45, 7) is 0. The minimum absolute atomic E-state index is 1.09. The largest absolute Gasteiger partial charge is 0.311 e. The second kappa shape index (κ2) is 11.0. The van der Waals surface area contributed by atoms with E-state index in [4.69, 9.17) is 0 Å². The van der Waals surface area contributed by atoms with Crippen molar-refractivity contribution in [3.63, 3.8) is 0 Å². The zero-order chi connectivity index (χ0) is 30.5. The summed E-state index contributed by atoms with van der Waals surface area (Å²) in [5.41, 5.74) is 8.22. The Kier molecular flexibility index (Phi) is 6.36. The molecule has 46 heavy (non-hydrogen) atoms. The molecule has 2 nitrogen and oxygen atoms in total. The molecule has 0 aliphatic carbocycles. The fraction of sp³-hybridized carbons (Fsp3) is 0. The summed E-state index contributed by atoms with van der Waals surface area (Å²) in [6, 6.07) is 59.2. The number of benzene rings is 7. The first kappa shape index (κ1) is 26.6. The van der Waals surface area contributed by atoms with Crippen LogP contribution in [0, 0.1) is 0 Å². The number of fused-ring (bicyclic) bond motifs is 6. The maximum atomic E-state index is 4.57. The first-order chi connectivity index (χ1) is 22.8. The van der Waals surface area contributed by atoms with Crippen molar-refractivity contribution in [2.75, 3.05) is 4.90 Å². The van der Waals surface area contributed by atoms with Crippen molar-refractivity contribution >= 4 is 70.2 Å². The molecule has 0 fully saturated rings. The van der Waals surface area contributed by atoms with Gasteiger partial charge in [0, 0.05) is 38.7 Å². The van der Waals surface area contributed by atoms with Gasteiger partial charge in [-0.25, -0.2) is 4.98 Å². The van der Waals surface area contributed by atoms with Crippen LogP contribution < -0.4 is 4.90 Å². The lowest BCUT2D eigenvalue weighted by atomic mass is 9.93. The molecule has 0 amide bonds. The van der Waals surface area contributed by atoms with Crippen molar-refractivity contribution in [3.8, 4) is 22.3 Å². The van der Waals surface area contributed by atoms with E-state index in [1.54, 1.807) is 11.3 Å². The average molecular weight is 605 g/mol. The smallest absolute Gasteiger partial charge is 0.124 e. The van der Waals surface area contributed by atoms with Crippen molar-refractivity contribution in [3.05, 3.63) is 170 Å². The number of hydrogen-bond acceptors (Lipinski definition) is 3. The Balaban J connectivity index is 1.10. The summed E-state index contributed by atoms with van der Waals surface area (Å²) in [5.74, 6) is 0. The van der Waals surface area contributed by atoms with Crippen molar-refractivity contribution in [1.82, 2.24) is 4.98 Å². The molecule has 3 heteroatoms. The Morgan fingerprint density at radius 1 is 0.413 bits per heavy atom. The van der Waals surface area contributed by atoms with Crippen LogP contribution in [0.4, 0.5) is 17.1 Å². The number of anilines is 3. The number of pyridine rings is 1. The molecule has 0 spiro atoms. The Bertz CT molecular complexity index is 2510. The normalized spacial score (nSPS) is 11.5. The van der Waals surface area contributed by atoms with Crippen LogP contribution in [0.2, 0.25) is 0 Å². The molecule has 0 unspecified atom stereocenters. The Morgan fingerprint density at radius 3 is 1.80 bits per heavy atom. The molecule has 0 N–H and O–H groups in total. The van der Waals surface area contributed by atoms with Gasteiger partial charge in [-0.1, -0.05) is 97.1 Å². The van der Waals surface area contributed by atoms with Gasteiger partial charge in [0.25, 0.3) is 0 Å². The highest BCUT2D eigenvalue weighted by Crippen LogP contribution is 2.40. The highest BCUT2D eigenvalue weighted by Gasteiger charge is 2.15. The molecule has 7 aromatic carbocycles. The molecule has 0 saturated heterocycles. The van der Waals surface area contributed by atoms with Gasteiger partial charge in [0.05, 0.1) is 0 Å². The lowest BCUT2D eigenvalue weighted by Crippen LogP contribution is -2.09. The number of aromatic nitrogens is 1. The van der Waals surface area contributed by atoms with Crippen LogP contribution in [0.15, 0.2) is 170 Å². The molecule has 0 atom stereocenters. The Labute approximate surface area is 271 Å². The summed E-state index contributed by atoms with van der Waals surface area (Å²) in [7, 11) is 0. The summed E-state index contributed by atoms with van der Waals surface area (Å²) < 4.78 is 1.27. The molecule has 0 aliphatic rings. The van der Waals surface area contributed by atoms with Crippen LogP contribution in [0.5, 0.6) is 0 Å². The number of nitrogens with zero attached hydrogens (tertiary/aromatic N) is 2. The van der Waals surface area contributed by atoms with Gasteiger partial charge in [-0.15, -0.1) is 11.3 Å². The van der Waals surface area contributed by atoms with Gasteiger partial charge in [0.15, 0.2) is 0 Å². The van der Waals surface area contributed by atoms with E-state index in [1.165, 1.54) is 59.3 Å². The molecule has 2 aromatic heterocycles. The van der Waals surface area contributed by atoms with E-state index in [-0.39, 0.29) is 0 Å². The molecule has 0 aliphatic heterocycles. The van der Waals surface area contributed by atoms with Gasteiger partial charge in [0.2, 0.25) is 0 Å². The fourth-order valence-corrected chi connectivity index (χ4v) is 7.73. The molecule has 0 bridgehead atoms. The monoisotopic (exact) mass is 604 g/mol. The van der Waals surface area contributed by atoms with Crippen LogP contribution >= 0.6 is 11.3 Å². The zero-order valence-electron chi connectivity index (χ0n) is 25.0. The Morgan fingerprint density at radius 2 is 1.02 bits per heavy atom. The molecular formula is C43H28N2S. The lowest BCUT2D eigenvalue weighted by molar-refractivity contribution is 1.28. The number of hydrogen-bond donors (Lipinski definition) is 0. The number of rotatable bonds is 5. The summed E-state index contributed by atoms with van der Waals surface area (Å²) >= 11 is 1.75. The van der Waals surface area contributed by atoms with Crippen LogP contribution in [-0.2, 0) is 0 Å². The van der Waals surface area contributed by atoms with Crippen molar-refractivity contribution in [2.45, 2.75) is 0 Å². The van der Waals surface area contributed by atoms with E-state index in [2.05, 4.69) is 168 Å². The third-order valence-corrected chi connectivity index (χ3v) is 10.0. The van der Waals surface area contributed by atoms with E-state index < -0.39 is 0 Å². The van der Waals surface area contributed by atoms with Crippen LogP contribution in [-0.4, -0.2) is 4.98 Å². The number of para-hydroxylation sites is 1. The Hall–Kier alpha value is -5.77. The highest BCUT2D eigenvalue weighted by atomic mass is 32.1. The fourth-order valence-electron chi connectivity index (χ4n) is 6.70. The first-order valence-corrected chi connectivity index (χ1v) is 16.4. The highest BCUT2D eigenvalue weighted by molar-refractivity contribution is 7.25. The van der Waals surface area contributed by atoms with Crippen molar-refractivity contribution in [2.24, 2.45) is 0 Å². The third kappa shape index (κ3) is 4.52. The second-order valence-corrected chi connectivity index (χ2v) is 12.7. The minimum atomic E-state index is 1.09. The van der Waals surface area contributed by atoms with Gasteiger partial charge < -0.3 is 4.90 Å². The zero-order valence-corrected chi connectivity index (χ0v) is 25.8. The van der Waals surface area contributed by atoms with E-state index in [1.807, 2.05) is 12.3 Å². The maximum Gasteiger partial charge on any atom is 0.124 e. The van der Waals surface area contributed by atoms with Crippen LogP contribution in [0.25, 0.3) is 64.1 Å². The van der Waals surface area contributed by atoms with Crippen molar-refractivity contribution in [1.29, 1.82) is 0 Å². The van der Waals surface area contributed by atoms with Gasteiger partial charge in [-0.05, 0) is 111 Å². The summed E-state index contributed by atoms with van der Waals surface area (Å²) in [4.78, 5) is 7.98. The predicted octanol–water partition coefficient (Wildman–Crippen LogP) is 12.6. The predicted molar refractivity (Wildman–Crippen MR) is 198 cm³/mol. The van der Waals surface area contributed by atoms with Crippen molar-refractivity contribution < 1.29 is 0 Å². The maximum absolute atomic E-state index is 4.57. The molecular weight excluding hydrogens is 577 g/mol. The molecule has 216 valence electrons. The third-order valence-electron chi connectivity index (χ3n) is 8.93. The molecule has 9 aromatic rings.